The topological polar surface area (TPSA) is 3.24 Å². The lowest BCUT2D eigenvalue weighted by molar-refractivity contribution is 0.769. The van der Waals surface area contributed by atoms with Crippen LogP contribution in [-0.2, 0) is 5.41 Å². The van der Waals surface area contributed by atoms with Crippen molar-refractivity contribution in [2.75, 3.05) is 4.90 Å². The van der Waals surface area contributed by atoms with Gasteiger partial charge in [-0.1, -0.05) is 182 Å². The molecule has 0 saturated carbocycles. The lowest BCUT2D eigenvalue weighted by Gasteiger charge is -2.34. The first-order valence-corrected chi connectivity index (χ1v) is 18.0. The van der Waals surface area contributed by atoms with Gasteiger partial charge in [-0.3, -0.25) is 0 Å². The molecule has 0 saturated heterocycles. The highest BCUT2D eigenvalue weighted by atomic mass is 15.1. The fourth-order valence-electron chi connectivity index (χ4n) is 8.64. The Morgan fingerprint density at radius 2 is 0.865 bits per heavy atom. The highest BCUT2D eigenvalue weighted by molar-refractivity contribution is 6.09. The second-order valence-corrected chi connectivity index (χ2v) is 13.7. The number of anilines is 3. The van der Waals surface area contributed by atoms with E-state index in [1.54, 1.807) is 0 Å². The number of benzene rings is 9. The Kier molecular flexibility index (Phi) is 7.11. The standard InChI is InChI=1S/C51H35N/c1-4-15-36(16-5-1)38-27-31-43(32-28-38)52(44-33-29-37-17-10-11-19-40(37)35-44)48-26-14-25-46-50(48)49-45-24-13-12-18-39(45)30-34-47(49)51(46,41-20-6-2-7-21-41)42-22-8-3-9-23-42/h1-35H. The summed E-state index contributed by atoms with van der Waals surface area (Å²) in [5, 5.41) is 4.95. The fraction of sp³-hybridized carbons (Fsp3) is 0.0196. The van der Waals surface area contributed by atoms with E-state index in [1.165, 1.54) is 66.1 Å². The van der Waals surface area contributed by atoms with Gasteiger partial charge in [0.1, 0.15) is 0 Å². The van der Waals surface area contributed by atoms with E-state index in [9.17, 15) is 0 Å². The van der Waals surface area contributed by atoms with Gasteiger partial charge in [0.2, 0.25) is 0 Å². The van der Waals surface area contributed by atoms with E-state index in [2.05, 4.69) is 217 Å². The van der Waals surface area contributed by atoms with Crippen LogP contribution in [0.4, 0.5) is 17.1 Å². The van der Waals surface area contributed by atoms with Crippen LogP contribution in [0, 0.1) is 0 Å². The van der Waals surface area contributed by atoms with Crippen LogP contribution in [-0.4, -0.2) is 0 Å². The highest BCUT2D eigenvalue weighted by Gasteiger charge is 2.48. The molecular formula is C51H35N. The molecule has 1 heteroatoms. The zero-order valence-corrected chi connectivity index (χ0v) is 28.7. The summed E-state index contributed by atoms with van der Waals surface area (Å²) in [6.45, 7) is 0. The van der Waals surface area contributed by atoms with E-state index >= 15 is 0 Å². The maximum Gasteiger partial charge on any atom is 0.0714 e. The van der Waals surface area contributed by atoms with E-state index in [-0.39, 0.29) is 0 Å². The molecule has 0 radical (unpaired) electrons. The van der Waals surface area contributed by atoms with E-state index in [1.807, 2.05) is 0 Å². The summed E-state index contributed by atoms with van der Waals surface area (Å²) in [7, 11) is 0. The molecule has 1 aliphatic rings. The Labute approximate surface area is 304 Å². The van der Waals surface area contributed by atoms with Gasteiger partial charge in [0, 0.05) is 16.9 Å². The number of hydrogen-bond acceptors (Lipinski definition) is 1. The van der Waals surface area contributed by atoms with E-state index < -0.39 is 5.41 Å². The van der Waals surface area contributed by atoms with Gasteiger partial charge >= 0.3 is 0 Å². The van der Waals surface area contributed by atoms with Gasteiger partial charge in [-0.05, 0) is 90.8 Å². The van der Waals surface area contributed by atoms with Crippen molar-refractivity contribution >= 4 is 38.6 Å². The maximum atomic E-state index is 2.47. The third-order valence-corrected chi connectivity index (χ3v) is 10.9. The molecule has 1 aliphatic carbocycles. The summed E-state index contributed by atoms with van der Waals surface area (Å²) in [4.78, 5) is 2.47. The minimum absolute atomic E-state index is 0.514. The summed E-state index contributed by atoms with van der Waals surface area (Å²) in [5.74, 6) is 0. The first kappa shape index (κ1) is 30.2. The smallest absolute Gasteiger partial charge is 0.0714 e. The lowest BCUT2D eigenvalue weighted by Crippen LogP contribution is -2.28. The zero-order valence-electron chi connectivity index (χ0n) is 28.7. The number of rotatable bonds is 6. The van der Waals surface area contributed by atoms with Crippen LogP contribution in [0.5, 0.6) is 0 Å². The minimum atomic E-state index is -0.514. The van der Waals surface area contributed by atoms with Gasteiger partial charge in [0.15, 0.2) is 0 Å². The molecule has 244 valence electrons. The molecule has 0 unspecified atom stereocenters. The van der Waals surface area contributed by atoms with Gasteiger partial charge < -0.3 is 4.90 Å². The van der Waals surface area contributed by atoms with Crippen LogP contribution in [0.15, 0.2) is 212 Å². The van der Waals surface area contributed by atoms with Crippen molar-refractivity contribution in [1.82, 2.24) is 0 Å². The molecular weight excluding hydrogens is 627 g/mol. The summed E-state index contributed by atoms with van der Waals surface area (Å²) in [6, 6.07) is 77.9. The van der Waals surface area contributed by atoms with Crippen LogP contribution in [0.3, 0.4) is 0 Å². The molecule has 0 heterocycles. The van der Waals surface area contributed by atoms with Crippen LogP contribution < -0.4 is 4.90 Å². The zero-order chi connectivity index (χ0) is 34.5. The molecule has 52 heavy (non-hydrogen) atoms. The molecule has 0 aliphatic heterocycles. The molecule has 0 spiro atoms. The van der Waals surface area contributed by atoms with Crippen molar-refractivity contribution in [3.63, 3.8) is 0 Å². The molecule has 0 fully saturated rings. The number of hydrogen-bond donors (Lipinski definition) is 0. The van der Waals surface area contributed by atoms with E-state index in [4.69, 9.17) is 0 Å². The third kappa shape index (κ3) is 4.63. The average Bonchev–Trinajstić information content (AvgIpc) is 3.54. The van der Waals surface area contributed by atoms with Crippen molar-refractivity contribution < 1.29 is 0 Å². The van der Waals surface area contributed by atoms with Crippen molar-refractivity contribution in [3.8, 4) is 22.3 Å². The van der Waals surface area contributed by atoms with Crippen molar-refractivity contribution in [1.29, 1.82) is 0 Å². The largest absolute Gasteiger partial charge is 0.310 e. The fourth-order valence-corrected chi connectivity index (χ4v) is 8.64. The lowest BCUT2D eigenvalue weighted by atomic mass is 9.67. The molecule has 0 aromatic heterocycles. The Morgan fingerprint density at radius 3 is 1.58 bits per heavy atom. The van der Waals surface area contributed by atoms with Crippen LogP contribution in [0.2, 0.25) is 0 Å². The second kappa shape index (κ2) is 12.3. The summed E-state index contributed by atoms with van der Waals surface area (Å²) < 4.78 is 0. The van der Waals surface area contributed by atoms with Gasteiger partial charge in [0.25, 0.3) is 0 Å². The third-order valence-electron chi connectivity index (χ3n) is 10.9. The number of fused-ring (bicyclic) bond motifs is 6. The first-order valence-electron chi connectivity index (χ1n) is 18.0. The predicted octanol–water partition coefficient (Wildman–Crippen LogP) is 13.5. The molecule has 0 bridgehead atoms. The summed E-state index contributed by atoms with van der Waals surface area (Å²) in [6.07, 6.45) is 0. The van der Waals surface area contributed by atoms with E-state index in [0.717, 1.165) is 17.1 Å². The minimum Gasteiger partial charge on any atom is -0.310 e. The molecule has 0 amide bonds. The quantitative estimate of drug-likeness (QED) is 0.171. The normalized spacial score (nSPS) is 12.8. The SMILES string of the molecule is c1ccc(-c2ccc(N(c3ccc4ccccc4c3)c3cccc4c3-c3c(ccc5ccccc35)C4(c3ccccc3)c3ccccc3)cc2)cc1. The predicted molar refractivity (Wildman–Crippen MR) is 219 cm³/mol. The first-order chi connectivity index (χ1) is 25.8. The van der Waals surface area contributed by atoms with E-state index in [0.29, 0.717) is 0 Å². The van der Waals surface area contributed by atoms with Gasteiger partial charge in [-0.15, -0.1) is 0 Å². The number of nitrogens with zero attached hydrogens (tertiary/aromatic N) is 1. The Morgan fingerprint density at radius 1 is 0.327 bits per heavy atom. The Hall–Kier alpha value is -6.70. The Balaban J connectivity index is 1.31. The van der Waals surface area contributed by atoms with Crippen LogP contribution >= 0.6 is 0 Å². The molecule has 10 rings (SSSR count). The maximum absolute atomic E-state index is 2.47. The monoisotopic (exact) mass is 661 g/mol. The second-order valence-electron chi connectivity index (χ2n) is 13.7. The average molecular weight is 662 g/mol. The Bertz CT molecular complexity index is 2670. The molecule has 1 nitrogen and oxygen atoms in total. The van der Waals surface area contributed by atoms with Crippen molar-refractivity contribution in [2.24, 2.45) is 0 Å². The summed E-state index contributed by atoms with van der Waals surface area (Å²) >= 11 is 0. The molecule has 0 N–H and O–H groups in total. The van der Waals surface area contributed by atoms with Gasteiger partial charge in [-0.2, -0.15) is 0 Å². The molecule has 0 atom stereocenters. The highest BCUT2D eigenvalue weighted by Crippen LogP contribution is 2.61. The van der Waals surface area contributed by atoms with Gasteiger partial charge in [-0.25, -0.2) is 0 Å². The van der Waals surface area contributed by atoms with Crippen LogP contribution in [0.1, 0.15) is 22.3 Å². The summed E-state index contributed by atoms with van der Waals surface area (Å²) in [5.41, 5.74) is 13.0. The van der Waals surface area contributed by atoms with Crippen LogP contribution in [0.25, 0.3) is 43.8 Å². The van der Waals surface area contributed by atoms with Crippen molar-refractivity contribution in [3.05, 3.63) is 235 Å². The van der Waals surface area contributed by atoms with Crippen molar-refractivity contribution in [2.45, 2.75) is 5.41 Å². The molecule has 9 aromatic carbocycles. The molecule has 9 aromatic rings. The van der Waals surface area contributed by atoms with Gasteiger partial charge in [0.05, 0.1) is 11.1 Å².